The van der Waals surface area contributed by atoms with Crippen LogP contribution in [0.25, 0.3) is 22.2 Å². The Morgan fingerprint density at radius 1 is 1.10 bits per heavy atom. The number of nitrogens with zero attached hydrogens (tertiary/aromatic N) is 4. The second kappa shape index (κ2) is 12.4. The van der Waals surface area contributed by atoms with Crippen LogP contribution >= 0.6 is 0 Å². The Balaban J connectivity index is 1.39. The molecule has 3 heterocycles. The summed E-state index contributed by atoms with van der Waals surface area (Å²) in [5.74, 6) is 1.49. The number of carbonyl (C=O) groups excluding carboxylic acids is 1. The van der Waals surface area contributed by atoms with Crippen molar-refractivity contribution in [3.05, 3.63) is 83.6 Å². The van der Waals surface area contributed by atoms with Crippen molar-refractivity contribution in [3.8, 4) is 17.0 Å². The van der Waals surface area contributed by atoms with Gasteiger partial charge in [-0.2, -0.15) is 0 Å². The third-order valence-corrected chi connectivity index (χ3v) is 7.20. The highest BCUT2D eigenvalue weighted by Gasteiger charge is 2.19. The van der Waals surface area contributed by atoms with Gasteiger partial charge in [0, 0.05) is 42.3 Å². The van der Waals surface area contributed by atoms with Crippen LogP contribution in [0.5, 0.6) is 5.75 Å². The molecule has 8 heteroatoms. The summed E-state index contributed by atoms with van der Waals surface area (Å²) in [5.41, 5.74) is 5.14. The molecule has 0 radical (unpaired) electrons. The van der Waals surface area contributed by atoms with Crippen LogP contribution in [0.1, 0.15) is 34.5 Å². The molecule has 1 aliphatic heterocycles. The third-order valence-electron chi connectivity index (χ3n) is 7.20. The van der Waals surface area contributed by atoms with E-state index in [9.17, 15) is 4.79 Å². The van der Waals surface area contributed by atoms with Gasteiger partial charge in [-0.3, -0.25) is 4.79 Å². The largest absolute Gasteiger partial charge is 0.492 e. The highest BCUT2D eigenvalue weighted by molar-refractivity contribution is 5.97. The number of fused-ring (bicyclic) bond motifs is 1. The minimum atomic E-state index is -0.252. The summed E-state index contributed by atoms with van der Waals surface area (Å²) in [5, 5.41) is 4.22. The molecule has 0 saturated carbocycles. The highest BCUT2D eigenvalue weighted by atomic mass is 16.5. The molecule has 1 aliphatic rings. The van der Waals surface area contributed by atoms with Crippen LogP contribution in [-0.4, -0.2) is 74.3 Å². The Hall–Kier alpha value is -4.01. The Morgan fingerprint density at radius 2 is 1.90 bits per heavy atom. The van der Waals surface area contributed by atoms with Gasteiger partial charge in [-0.05, 0) is 75.5 Å². The van der Waals surface area contributed by atoms with Gasteiger partial charge in [0.15, 0.2) is 0 Å². The molecule has 40 heavy (non-hydrogen) atoms. The van der Waals surface area contributed by atoms with Gasteiger partial charge in [-0.1, -0.05) is 24.3 Å². The number of hydrogen-bond acceptors (Lipinski definition) is 7. The lowest BCUT2D eigenvalue weighted by molar-refractivity contribution is 0.0939. The smallest absolute Gasteiger partial charge is 0.252 e. The zero-order chi connectivity index (χ0) is 28.1. The van der Waals surface area contributed by atoms with Crippen LogP contribution in [0.4, 0.5) is 5.82 Å². The van der Waals surface area contributed by atoms with Crippen molar-refractivity contribution in [1.82, 2.24) is 20.2 Å². The van der Waals surface area contributed by atoms with Crippen LogP contribution < -0.4 is 15.0 Å². The van der Waals surface area contributed by atoms with E-state index in [2.05, 4.69) is 27.2 Å². The first-order chi connectivity index (χ1) is 19.4. The van der Waals surface area contributed by atoms with Crippen molar-refractivity contribution < 1.29 is 14.3 Å². The second-order valence-electron chi connectivity index (χ2n) is 10.4. The van der Waals surface area contributed by atoms with Crippen molar-refractivity contribution in [2.24, 2.45) is 0 Å². The van der Waals surface area contributed by atoms with Crippen LogP contribution in [0.3, 0.4) is 0 Å². The number of likely N-dealkylation sites (N-methyl/N-ethyl adjacent to an activating group) is 1. The zero-order valence-corrected chi connectivity index (χ0v) is 23.7. The number of aryl methyl sites for hydroxylation is 1. The van der Waals surface area contributed by atoms with Crippen LogP contribution in [-0.2, 0) is 4.74 Å². The van der Waals surface area contributed by atoms with Gasteiger partial charge in [0.05, 0.1) is 30.5 Å². The van der Waals surface area contributed by atoms with Crippen molar-refractivity contribution in [2.45, 2.75) is 19.9 Å². The molecule has 208 valence electrons. The van der Waals surface area contributed by atoms with Gasteiger partial charge < -0.3 is 24.6 Å². The van der Waals surface area contributed by atoms with E-state index in [4.69, 9.17) is 19.4 Å². The number of ether oxygens (including phenoxy) is 2. The van der Waals surface area contributed by atoms with Crippen LogP contribution in [0.15, 0.2) is 66.9 Å². The second-order valence-corrected chi connectivity index (χ2v) is 10.4. The standard InChI is InChI=1S/C32H37N5O3/c1-22-9-11-25(40-18-13-36(3)4)19-27(22)32(38)34-23(2)28-20-30(35-29-8-6-5-7-26(28)29)24-10-12-31(33-21-24)37-14-16-39-17-15-37/h5-12,19-21,23H,13-18H2,1-4H3,(H,34,38)/t23-/m1/s1. The Morgan fingerprint density at radius 3 is 2.65 bits per heavy atom. The average Bonchev–Trinajstić information content (AvgIpc) is 2.97. The van der Waals surface area contributed by atoms with E-state index in [0.29, 0.717) is 17.9 Å². The average molecular weight is 540 g/mol. The van der Waals surface area contributed by atoms with E-state index < -0.39 is 0 Å². The van der Waals surface area contributed by atoms with Crippen molar-refractivity contribution in [2.75, 3.05) is 58.5 Å². The number of carbonyl (C=O) groups is 1. The molecule has 1 fully saturated rings. The number of nitrogens with one attached hydrogen (secondary N) is 1. The molecule has 1 saturated heterocycles. The summed E-state index contributed by atoms with van der Waals surface area (Å²) < 4.78 is 11.3. The highest BCUT2D eigenvalue weighted by Crippen LogP contribution is 2.30. The minimum absolute atomic E-state index is 0.137. The summed E-state index contributed by atoms with van der Waals surface area (Å²) in [6.45, 7) is 8.43. The van der Waals surface area contributed by atoms with Crippen molar-refractivity contribution in [1.29, 1.82) is 0 Å². The quantitative estimate of drug-likeness (QED) is 0.325. The first-order valence-corrected chi connectivity index (χ1v) is 13.8. The van der Waals surface area contributed by atoms with Crippen LogP contribution in [0.2, 0.25) is 0 Å². The topological polar surface area (TPSA) is 79.8 Å². The molecule has 8 nitrogen and oxygen atoms in total. The van der Waals surface area contributed by atoms with E-state index in [1.54, 1.807) is 0 Å². The fourth-order valence-corrected chi connectivity index (χ4v) is 4.86. The normalized spacial score (nSPS) is 14.4. The summed E-state index contributed by atoms with van der Waals surface area (Å²) >= 11 is 0. The predicted molar refractivity (Wildman–Crippen MR) is 159 cm³/mol. The molecule has 1 amide bonds. The summed E-state index contributed by atoms with van der Waals surface area (Å²) in [6.07, 6.45) is 1.88. The van der Waals surface area contributed by atoms with E-state index in [1.807, 2.05) is 82.7 Å². The first-order valence-electron chi connectivity index (χ1n) is 13.8. The number of amides is 1. The Labute approximate surface area is 235 Å². The van der Waals surface area contributed by atoms with Crippen molar-refractivity contribution in [3.63, 3.8) is 0 Å². The zero-order valence-electron chi connectivity index (χ0n) is 23.7. The molecular weight excluding hydrogens is 502 g/mol. The lowest BCUT2D eigenvalue weighted by atomic mass is 9.99. The van der Waals surface area contributed by atoms with Gasteiger partial charge in [0.1, 0.15) is 18.2 Å². The fourth-order valence-electron chi connectivity index (χ4n) is 4.86. The van der Waals surface area contributed by atoms with Gasteiger partial charge in [-0.15, -0.1) is 0 Å². The number of rotatable bonds is 9. The lowest BCUT2D eigenvalue weighted by Crippen LogP contribution is -2.36. The summed E-state index contributed by atoms with van der Waals surface area (Å²) in [7, 11) is 4.01. The molecule has 2 aromatic heterocycles. The number of aromatic nitrogens is 2. The first kappa shape index (κ1) is 27.6. The maximum Gasteiger partial charge on any atom is 0.252 e. The number of benzene rings is 2. The van der Waals surface area contributed by atoms with E-state index in [-0.39, 0.29) is 11.9 Å². The maximum absolute atomic E-state index is 13.4. The van der Waals surface area contributed by atoms with Gasteiger partial charge in [-0.25, -0.2) is 9.97 Å². The molecule has 1 atom stereocenters. The molecule has 0 spiro atoms. The number of pyridine rings is 2. The SMILES string of the molecule is Cc1ccc(OCCN(C)C)cc1C(=O)N[C@H](C)c1cc(-c2ccc(N3CCOCC3)nc2)nc2ccccc12. The van der Waals surface area contributed by atoms with Crippen LogP contribution in [0, 0.1) is 6.92 Å². The number of anilines is 1. The third kappa shape index (κ3) is 6.41. The van der Waals surface area contributed by atoms with E-state index in [1.165, 1.54) is 0 Å². The number of morpholine rings is 1. The summed E-state index contributed by atoms with van der Waals surface area (Å²) in [6, 6.07) is 19.6. The molecule has 5 rings (SSSR count). The Kier molecular flexibility index (Phi) is 8.57. The molecule has 0 unspecified atom stereocenters. The maximum atomic E-state index is 13.4. The van der Waals surface area contributed by atoms with E-state index in [0.717, 1.165) is 72.0 Å². The molecule has 4 aromatic rings. The Bertz CT molecular complexity index is 1470. The molecule has 0 aliphatic carbocycles. The van der Waals surface area contributed by atoms with E-state index >= 15 is 0 Å². The lowest BCUT2D eigenvalue weighted by Gasteiger charge is -2.27. The molecular formula is C32H37N5O3. The van der Waals surface area contributed by atoms with Crippen molar-refractivity contribution >= 4 is 22.6 Å². The molecule has 0 bridgehead atoms. The summed E-state index contributed by atoms with van der Waals surface area (Å²) in [4.78, 5) is 27.4. The number of hydrogen-bond donors (Lipinski definition) is 1. The molecule has 2 aromatic carbocycles. The van der Waals surface area contributed by atoms with Gasteiger partial charge in [0.25, 0.3) is 5.91 Å². The molecule has 1 N–H and O–H groups in total. The van der Waals surface area contributed by atoms with Gasteiger partial charge in [0.2, 0.25) is 0 Å². The number of para-hydroxylation sites is 1. The predicted octanol–water partition coefficient (Wildman–Crippen LogP) is 4.87. The minimum Gasteiger partial charge on any atom is -0.492 e. The fraction of sp³-hybridized carbons (Fsp3) is 0.344. The van der Waals surface area contributed by atoms with Gasteiger partial charge >= 0.3 is 0 Å². The monoisotopic (exact) mass is 539 g/mol.